The lowest BCUT2D eigenvalue weighted by Crippen LogP contribution is -2.02. The van der Waals surface area contributed by atoms with E-state index >= 15 is 0 Å². The summed E-state index contributed by atoms with van der Waals surface area (Å²) in [5.41, 5.74) is 0.975. The lowest BCUT2D eigenvalue weighted by molar-refractivity contribution is 1.23. The van der Waals surface area contributed by atoms with E-state index in [4.69, 9.17) is 11.6 Å². The summed E-state index contributed by atoms with van der Waals surface area (Å²) in [7, 11) is 0. The molecule has 0 fully saturated rings. The molecule has 0 heterocycles. The first kappa shape index (κ1) is 8.75. The summed E-state index contributed by atoms with van der Waals surface area (Å²) in [5.74, 6) is 0.811. The molecule has 0 unspecified atom stereocenters. The Bertz CT molecular complexity index is 227. The first-order chi connectivity index (χ1) is 5.34. The third-order valence-corrected chi connectivity index (χ3v) is 1.85. The second-order valence-electron chi connectivity index (χ2n) is 2.13. The lowest BCUT2D eigenvalue weighted by atomic mass is 10.3. The maximum atomic E-state index is 5.87. The van der Waals surface area contributed by atoms with Crippen LogP contribution in [0.1, 0.15) is 0 Å². The summed E-state index contributed by atoms with van der Waals surface area (Å²) >= 11 is 9.95. The van der Waals surface area contributed by atoms with Gasteiger partial charge in [-0.3, -0.25) is 0 Å². The molecule has 1 aromatic rings. The van der Waals surface area contributed by atoms with E-state index < -0.39 is 0 Å². The van der Waals surface area contributed by atoms with Gasteiger partial charge in [-0.2, -0.15) is 12.6 Å². The van der Waals surface area contributed by atoms with Gasteiger partial charge in [-0.05, 0) is 12.1 Å². The summed E-state index contributed by atoms with van der Waals surface area (Å²) < 4.78 is 0. The molecule has 1 nitrogen and oxygen atoms in total. The van der Waals surface area contributed by atoms with Crippen LogP contribution in [0.2, 0.25) is 5.02 Å². The van der Waals surface area contributed by atoms with Crippen LogP contribution in [0.25, 0.3) is 0 Å². The zero-order chi connectivity index (χ0) is 8.10. The van der Waals surface area contributed by atoms with E-state index in [1.54, 1.807) is 0 Å². The Labute approximate surface area is 77.2 Å². The van der Waals surface area contributed by atoms with E-state index in [1.807, 2.05) is 24.3 Å². The Morgan fingerprint density at radius 1 is 1.36 bits per heavy atom. The van der Waals surface area contributed by atoms with Crippen molar-refractivity contribution in [3.63, 3.8) is 0 Å². The molecule has 3 heteroatoms. The molecule has 0 saturated heterocycles. The van der Waals surface area contributed by atoms with Crippen molar-refractivity contribution in [3.05, 3.63) is 29.3 Å². The first-order valence-corrected chi connectivity index (χ1v) is 4.45. The molecule has 0 amide bonds. The molecular formula is C8H10ClNS. The fraction of sp³-hybridized carbons (Fsp3) is 0.250. The number of benzene rings is 1. The van der Waals surface area contributed by atoms with Crippen molar-refractivity contribution in [1.82, 2.24) is 0 Å². The predicted molar refractivity (Wildman–Crippen MR) is 53.8 cm³/mol. The van der Waals surface area contributed by atoms with Gasteiger partial charge in [0.05, 0.1) is 10.7 Å². The molecule has 0 aliphatic rings. The number of para-hydroxylation sites is 1. The quantitative estimate of drug-likeness (QED) is 0.694. The third-order valence-electron chi connectivity index (χ3n) is 1.30. The summed E-state index contributed by atoms with van der Waals surface area (Å²) in [4.78, 5) is 0. The summed E-state index contributed by atoms with van der Waals surface area (Å²) in [5, 5.41) is 3.91. The monoisotopic (exact) mass is 187 g/mol. The minimum Gasteiger partial charge on any atom is -0.383 e. The molecule has 0 spiro atoms. The molecule has 1 rings (SSSR count). The van der Waals surface area contributed by atoms with Crippen molar-refractivity contribution < 1.29 is 0 Å². The molecule has 1 N–H and O–H groups in total. The fourth-order valence-electron chi connectivity index (χ4n) is 0.795. The largest absolute Gasteiger partial charge is 0.383 e. The van der Waals surface area contributed by atoms with E-state index in [0.29, 0.717) is 0 Å². The minimum absolute atomic E-state index is 0.759. The van der Waals surface area contributed by atoms with Crippen LogP contribution in [0.4, 0.5) is 5.69 Å². The molecule has 0 aliphatic heterocycles. The molecule has 0 radical (unpaired) electrons. The summed E-state index contributed by atoms with van der Waals surface area (Å²) in [6, 6.07) is 7.68. The van der Waals surface area contributed by atoms with Crippen molar-refractivity contribution in [2.75, 3.05) is 17.6 Å². The Kier molecular flexibility index (Phi) is 3.60. The standard InChI is InChI=1S/C8H10ClNS/c9-7-3-1-2-4-8(7)10-5-6-11/h1-4,10-11H,5-6H2. The summed E-state index contributed by atoms with van der Waals surface area (Å²) in [6.45, 7) is 0.840. The molecule has 0 bridgehead atoms. The Morgan fingerprint density at radius 2 is 2.09 bits per heavy atom. The van der Waals surface area contributed by atoms with Gasteiger partial charge in [0.2, 0.25) is 0 Å². The highest BCUT2D eigenvalue weighted by atomic mass is 35.5. The van der Waals surface area contributed by atoms with Gasteiger partial charge in [-0.15, -0.1) is 0 Å². The van der Waals surface area contributed by atoms with Gasteiger partial charge in [0.25, 0.3) is 0 Å². The van der Waals surface area contributed by atoms with E-state index in [1.165, 1.54) is 0 Å². The van der Waals surface area contributed by atoms with Crippen molar-refractivity contribution in [1.29, 1.82) is 0 Å². The van der Waals surface area contributed by atoms with E-state index in [-0.39, 0.29) is 0 Å². The van der Waals surface area contributed by atoms with Crippen molar-refractivity contribution in [3.8, 4) is 0 Å². The number of nitrogens with one attached hydrogen (secondary N) is 1. The highest BCUT2D eigenvalue weighted by molar-refractivity contribution is 7.80. The van der Waals surface area contributed by atoms with Gasteiger partial charge in [0.1, 0.15) is 0 Å². The van der Waals surface area contributed by atoms with Crippen molar-refractivity contribution >= 4 is 29.9 Å². The van der Waals surface area contributed by atoms with Crippen molar-refractivity contribution in [2.45, 2.75) is 0 Å². The fourth-order valence-corrected chi connectivity index (χ4v) is 1.11. The van der Waals surface area contributed by atoms with Gasteiger partial charge in [0, 0.05) is 12.3 Å². The summed E-state index contributed by atoms with van der Waals surface area (Å²) in [6.07, 6.45) is 0. The molecule has 0 saturated carbocycles. The number of thiol groups is 1. The molecule has 0 atom stereocenters. The predicted octanol–water partition coefficient (Wildman–Crippen LogP) is 2.68. The topological polar surface area (TPSA) is 12.0 Å². The second-order valence-corrected chi connectivity index (χ2v) is 2.98. The van der Waals surface area contributed by atoms with E-state index in [9.17, 15) is 0 Å². The smallest absolute Gasteiger partial charge is 0.0637 e. The average Bonchev–Trinajstić information content (AvgIpc) is 2.03. The number of anilines is 1. The normalized spacial score (nSPS) is 9.64. The third kappa shape index (κ3) is 2.64. The Morgan fingerprint density at radius 3 is 2.73 bits per heavy atom. The molecule has 60 valence electrons. The van der Waals surface area contributed by atoms with Gasteiger partial charge < -0.3 is 5.32 Å². The zero-order valence-electron chi connectivity index (χ0n) is 6.05. The highest BCUT2D eigenvalue weighted by Gasteiger charge is 1.94. The van der Waals surface area contributed by atoms with Crippen LogP contribution in [0.3, 0.4) is 0 Å². The van der Waals surface area contributed by atoms with Crippen molar-refractivity contribution in [2.24, 2.45) is 0 Å². The highest BCUT2D eigenvalue weighted by Crippen LogP contribution is 2.19. The number of rotatable bonds is 3. The van der Waals surface area contributed by atoms with Crippen LogP contribution in [0.5, 0.6) is 0 Å². The van der Waals surface area contributed by atoms with Crippen LogP contribution >= 0.6 is 24.2 Å². The first-order valence-electron chi connectivity index (χ1n) is 3.44. The average molecular weight is 188 g/mol. The minimum atomic E-state index is 0.759. The van der Waals surface area contributed by atoms with Crippen LogP contribution < -0.4 is 5.32 Å². The van der Waals surface area contributed by atoms with Crippen LogP contribution in [-0.4, -0.2) is 12.3 Å². The van der Waals surface area contributed by atoms with Gasteiger partial charge >= 0.3 is 0 Å². The lowest BCUT2D eigenvalue weighted by Gasteiger charge is -2.04. The SMILES string of the molecule is SCCNc1ccccc1Cl. The molecule has 0 aliphatic carbocycles. The van der Waals surface area contributed by atoms with Crippen LogP contribution in [0, 0.1) is 0 Å². The van der Waals surface area contributed by atoms with Gasteiger partial charge in [-0.25, -0.2) is 0 Å². The van der Waals surface area contributed by atoms with Crippen LogP contribution in [-0.2, 0) is 0 Å². The molecular weight excluding hydrogens is 178 g/mol. The Balaban J connectivity index is 2.62. The number of hydrogen-bond donors (Lipinski definition) is 2. The maximum absolute atomic E-state index is 5.87. The number of halogens is 1. The Hall–Kier alpha value is -0.340. The number of hydrogen-bond acceptors (Lipinski definition) is 2. The zero-order valence-corrected chi connectivity index (χ0v) is 7.70. The molecule has 11 heavy (non-hydrogen) atoms. The van der Waals surface area contributed by atoms with Gasteiger partial charge in [0.15, 0.2) is 0 Å². The van der Waals surface area contributed by atoms with E-state index in [2.05, 4.69) is 17.9 Å². The molecule has 0 aromatic heterocycles. The maximum Gasteiger partial charge on any atom is 0.0637 e. The van der Waals surface area contributed by atoms with Gasteiger partial charge in [-0.1, -0.05) is 23.7 Å². The van der Waals surface area contributed by atoms with E-state index in [0.717, 1.165) is 23.0 Å². The molecule has 1 aromatic carbocycles. The van der Waals surface area contributed by atoms with Crippen LogP contribution in [0.15, 0.2) is 24.3 Å². The second kappa shape index (κ2) is 4.52.